The minimum Gasteiger partial charge on any atom is -0.319 e. The molecular weight excluding hydrogens is 350 g/mol. The van der Waals surface area contributed by atoms with Crippen LogP contribution in [-0.2, 0) is 6.54 Å². The normalized spacial score (nSPS) is 12.8. The topological polar surface area (TPSA) is 43.8 Å². The maximum atomic E-state index is 6.40. The van der Waals surface area contributed by atoms with Gasteiger partial charge < -0.3 is 5.73 Å². The number of rotatable bonds is 3. The monoisotopic (exact) mass is 363 g/mol. The molecule has 0 radical (unpaired) electrons. The van der Waals surface area contributed by atoms with Gasteiger partial charge in [0.1, 0.15) is 0 Å². The van der Waals surface area contributed by atoms with Crippen LogP contribution in [0.3, 0.4) is 0 Å². The van der Waals surface area contributed by atoms with Crippen molar-refractivity contribution in [1.29, 1.82) is 0 Å². The molecule has 0 amide bonds. The molecule has 0 aliphatic carbocycles. The minimum atomic E-state index is -0.284. The summed E-state index contributed by atoms with van der Waals surface area (Å²) < 4.78 is 2.91. The number of aryl methyl sites for hydroxylation is 1. The summed E-state index contributed by atoms with van der Waals surface area (Å²) in [5, 5.41) is 7.20. The Bertz CT molecular complexity index is 797. The summed E-state index contributed by atoms with van der Waals surface area (Å²) >= 11 is 9.72. The molecule has 21 heavy (non-hydrogen) atoms. The molecule has 0 aliphatic rings. The van der Waals surface area contributed by atoms with Crippen LogP contribution in [0.15, 0.2) is 47.1 Å². The zero-order valence-electron chi connectivity index (χ0n) is 11.6. The van der Waals surface area contributed by atoms with Gasteiger partial charge in [-0.15, -0.1) is 0 Å². The van der Waals surface area contributed by atoms with E-state index in [1.165, 1.54) is 5.39 Å². The predicted molar refractivity (Wildman–Crippen MR) is 90.6 cm³/mol. The number of hydrogen-bond acceptors (Lipinski definition) is 2. The van der Waals surface area contributed by atoms with Gasteiger partial charge in [-0.2, -0.15) is 5.10 Å². The fourth-order valence-corrected chi connectivity index (χ4v) is 3.16. The SMILES string of the molecule is CCn1ncc(Cl)c1C(N)c1ccc2cc(Br)ccc2c1. The Kier molecular flexibility index (Phi) is 4.02. The molecule has 3 aromatic rings. The van der Waals surface area contributed by atoms with Crippen LogP contribution in [0.25, 0.3) is 10.8 Å². The van der Waals surface area contributed by atoms with Gasteiger partial charge in [0, 0.05) is 11.0 Å². The van der Waals surface area contributed by atoms with Gasteiger partial charge in [0.2, 0.25) is 0 Å². The molecule has 0 fully saturated rings. The van der Waals surface area contributed by atoms with Gasteiger partial charge in [-0.05, 0) is 41.5 Å². The van der Waals surface area contributed by atoms with Crippen molar-refractivity contribution in [1.82, 2.24) is 9.78 Å². The predicted octanol–water partition coefficient (Wildman–Crippen LogP) is 4.52. The van der Waals surface area contributed by atoms with E-state index in [4.69, 9.17) is 17.3 Å². The number of halogens is 2. The largest absolute Gasteiger partial charge is 0.319 e. The highest BCUT2D eigenvalue weighted by molar-refractivity contribution is 9.10. The number of benzene rings is 2. The van der Waals surface area contributed by atoms with Crippen LogP contribution < -0.4 is 5.73 Å². The molecule has 0 saturated heterocycles. The van der Waals surface area contributed by atoms with Crippen molar-refractivity contribution in [2.45, 2.75) is 19.5 Å². The molecule has 0 spiro atoms. The number of nitrogens with zero attached hydrogens (tertiary/aromatic N) is 2. The molecule has 3 rings (SSSR count). The van der Waals surface area contributed by atoms with E-state index < -0.39 is 0 Å². The Morgan fingerprint density at radius 3 is 2.71 bits per heavy atom. The Morgan fingerprint density at radius 2 is 1.95 bits per heavy atom. The molecule has 2 aromatic carbocycles. The van der Waals surface area contributed by atoms with Gasteiger partial charge in [-0.25, -0.2) is 0 Å². The first-order chi connectivity index (χ1) is 10.1. The Labute approximate surface area is 136 Å². The van der Waals surface area contributed by atoms with Crippen LogP contribution in [0.5, 0.6) is 0 Å². The van der Waals surface area contributed by atoms with Crippen molar-refractivity contribution in [2.24, 2.45) is 5.73 Å². The van der Waals surface area contributed by atoms with Gasteiger partial charge >= 0.3 is 0 Å². The lowest BCUT2D eigenvalue weighted by Gasteiger charge is -2.15. The van der Waals surface area contributed by atoms with E-state index in [1.54, 1.807) is 6.20 Å². The first-order valence-electron chi connectivity index (χ1n) is 6.76. The summed E-state index contributed by atoms with van der Waals surface area (Å²) in [4.78, 5) is 0. The highest BCUT2D eigenvalue weighted by atomic mass is 79.9. The maximum absolute atomic E-state index is 6.40. The lowest BCUT2D eigenvalue weighted by atomic mass is 10.0. The molecule has 2 N–H and O–H groups in total. The smallest absolute Gasteiger partial charge is 0.0837 e. The summed E-state index contributed by atoms with van der Waals surface area (Å²) in [5.41, 5.74) is 8.29. The van der Waals surface area contributed by atoms with E-state index in [-0.39, 0.29) is 6.04 Å². The highest BCUT2D eigenvalue weighted by Crippen LogP contribution is 2.29. The second kappa shape index (κ2) is 5.79. The van der Waals surface area contributed by atoms with Gasteiger partial charge in [0.25, 0.3) is 0 Å². The van der Waals surface area contributed by atoms with Crippen LogP contribution in [0.1, 0.15) is 24.2 Å². The van der Waals surface area contributed by atoms with Crippen LogP contribution in [0.2, 0.25) is 5.02 Å². The first kappa shape index (κ1) is 14.6. The second-order valence-electron chi connectivity index (χ2n) is 4.92. The van der Waals surface area contributed by atoms with Gasteiger partial charge in [0.15, 0.2) is 0 Å². The molecule has 1 atom stereocenters. The maximum Gasteiger partial charge on any atom is 0.0837 e. The molecule has 1 aromatic heterocycles. The Hall–Kier alpha value is -1.36. The summed E-state index contributed by atoms with van der Waals surface area (Å²) in [7, 11) is 0. The molecule has 1 heterocycles. The van der Waals surface area contributed by atoms with E-state index in [0.29, 0.717) is 5.02 Å². The zero-order valence-corrected chi connectivity index (χ0v) is 13.9. The lowest BCUT2D eigenvalue weighted by molar-refractivity contribution is 0.601. The second-order valence-corrected chi connectivity index (χ2v) is 6.24. The van der Waals surface area contributed by atoms with Crippen molar-refractivity contribution >= 4 is 38.3 Å². The Morgan fingerprint density at radius 1 is 1.24 bits per heavy atom. The number of hydrogen-bond donors (Lipinski definition) is 1. The van der Waals surface area contributed by atoms with E-state index in [2.05, 4.69) is 45.3 Å². The zero-order chi connectivity index (χ0) is 15.0. The van der Waals surface area contributed by atoms with Crippen LogP contribution in [0, 0.1) is 0 Å². The van der Waals surface area contributed by atoms with Crippen molar-refractivity contribution < 1.29 is 0 Å². The molecule has 108 valence electrons. The molecule has 0 bridgehead atoms. The van der Waals surface area contributed by atoms with Crippen LogP contribution >= 0.6 is 27.5 Å². The van der Waals surface area contributed by atoms with Gasteiger partial charge in [-0.3, -0.25) is 4.68 Å². The quantitative estimate of drug-likeness (QED) is 0.742. The molecular formula is C16H15BrClN3. The molecule has 1 unspecified atom stereocenters. The van der Waals surface area contributed by atoms with Crippen LogP contribution in [0.4, 0.5) is 0 Å². The fraction of sp³-hybridized carbons (Fsp3) is 0.188. The van der Waals surface area contributed by atoms with E-state index in [1.807, 2.05) is 23.7 Å². The Balaban J connectivity index is 2.07. The lowest BCUT2D eigenvalue weighted by Crippen LogP contribution is -2.17. The van der Waals surface area contributed by atoms with Crippen molar-refractivity contribution in [3.8, 4) is 0 Å². The van der Waals surface area contributed by atoms with Gasteiger partial charge in [-0.1, -0.05) is 45.7 Å². The summed E-state index contributed by atoms with van der Waals surface area (Å²) in [6.07, 6.45) is 1.65. The summed E-state index contributed by atoms with van der Waals surface area (Å²) in [5.74, 6) is 0. The molecule has 0 aliphatic heterocycles. The van der Waals surface area contributed by atoms with Crippen molar-refractivity contribution in [2.75, 3.05) is 0 Å². The van der Waals surface area contributed by atoms with Crippen molar-refractivity contribution in [3.63, 3.8) is 0 Å². The summed E-state index contributed by atoms with van der Waals surface area (Å²) in [6, 6.07) is 12.1. The average molecular weight is 365 g/mol. The average Bonchev–Trinajstić information content (AvgIpc) is 2.86. The highest BCUT2D eigenvalue weighted by Gasteiger charge is 2.18. The van der Waals surface area contributed by atoms with E-state index in [9.17, 15) is 0 Å². The van der Waals surface area contributed by atoms with Crippen molar-refractivity contribution in [3.05, 3.63) is 63.3 Å². The molecule has 5 heteroatoms. The third-order valence-corrected chi connectivity index (χ3v) is 4.40. The third kappa shape index (κ3) is 2.71. The first-order valence-corrected chi connectivity index (χ1v) is 7.93. The number of fused-ring (bicyclic) bond motifs is 1. The number of nitrogens with two attached hydrogens (primary N) is 1. The van der Waals surface area contributed by atoms with Crippen LogP contribution in [-0.4, -0.2) is 9.78 Å². The standard InChI is InChI=1S/C16H15BrClN3/c1-2-21-16(14(18)9-20-21)15(19)12-4-3-11-8-13(17)6-5-10(11)7-12/h3-9,15H,2,19H2,1H3. The van der Waals surface area contributed by atoms with E-state index in [0.717, 1.165) is 27.7 Å². The summed E-state index contributed by atoms with van der Waals surface area (Å²) in [6.45, 7) is 2.77. The number of aromatic nitrogens is 2. The minimum absolute atomic E-state index is 0.284. The molecule has 3 nitrogen and oxygen atoms in total. The fourth-order valence-electron chi connectivity index (χ4n) is 2.52. The van der Waals surface area contributed by atoms with E-state index >= 15 is 0 Å². The third-order valence-electron chi connectivity index (χ3n) is 3.61. The van der Waals surface area contributed by atoms with Gasteiger partial charge in [0.05, 0.1) is 23.0 Å². The molecule has 0 saturated carbocycles.